The van der Waals surface area contributed by atoms with Gasteiger partial charge in [0.15, 0.2) is 0 Å². The fourth-order valence-electron chi connectivity index (χ4n) is 1.97. The van der Waals surface area contributed by atoms with Crippen molar-refractivity contribution in [1.29, 1.82) is 0 Å². The Balaban J connectivity index is 2.02. The van der Waals surface area contributed by atoms with Crippen LogP contribution in [0.15, 0.2) is 42.7 Å². The molecule has 0 aliphatic rings. The summed E-state index contributed by atoms with van der Waals surface area (Å²) in [5, 5.41) is 22.4. The summed E-state index contributed by atoms with van der Waals surface area (Å²) in [4.78, 5) is 15.9. The molecule has 2 rings (SSSR count). The molecule has 21 heavy (non-hydrogen) atoms. The quantitative estimate of drug-likeness (QED) is 0.783. The van der Waals surface area contributed by atoms with E-state index in [0.29, 0.717) is 5.56 Å². The van der Waals surface area contributed by atoms with Crippen LogP contribution in [0, 0.1) is 0 Å². The Labute approximate surface area is 123 Å². The zero-order chi connectivity index (χ0) is 15.2. The average molecular weight is 286 g/mol. The van der Waals surface area contributed by atoms with Gasteiger partial charge in [0.1, 0.15) is 5.75 Å². The molecular formula is C16H18N2O3. The summed E-state index contributed by atoms with van der Waals surface area (Å²) in [6, 6.07) is 8.31. The summed E-state index contributed by atoms with van der Waals surface area (Å²) >= 11 is 0. The van der Waals surface area contributed by atoms with E-state index in [2.05, 4.69) is 10.3 Å². The van der Waals surface area contributed by atoms with Gasteiger partial charge >= 0.3 is 0 Å². The molecule has 1 aromatic carbocycles. The van der Waals surface area contributed by atoms with Gasteiger partial charge in [-0.25, -0.2) is 0 Å². The molecule has 1 unspecified atom stereocenters. The molecule has 5 heteroatoms. The molecule has 3 N–H and O–H groups in total. The van der Waals surface area contributed by atoms with Crippen LogP contribution in [0.25, 0.3) is 0 Å². The number of nitrogens with zero attached hydrogens (tertiary/aromatic N) is 1. The smallest absolute Gasteiger partial charge is 0.255 e. The maximum Gasteiger partial charge on any atom is 0.255 e. The zero-order valence-electron chi connectivity index (χ0n) is 11.8. The Kier molecular flexibility index (Phi) is 4.90. The van der Waals surface area contributed by atoms with Gasteiger partial charge in [-0.05, 0) is 41.8 Å². The molecule has 1 aromatic heterocycles. The van der Waals surface area contributed by atoms with Gasteiger partial charge in [0, 0.05) is 18.9 Å². The van der Waals surface area contributed by atoms with Crippen molar-refractivity contribution in [3.8, 4) is 5.75 Å². The number of nitrogens with one attached hydrogen (secondary N) is 1. The Morgan fingerprint density at radius 2 is 2.00 bits per heavy atom. The highest BCUT2D eigenvalue weighted by Gasteiger charge is 2.14. The fourth-order valence-corrected chi connectivity index (χ4v) is 1.97. The summed E-state index contributed by atoms with van der Waals surface area (Å²) in [6.07, 6.45) is 3.13. The van der Waals surface area contributed by atoms with Crippen LogP contribution in [-0.2, 0) is 6.42 Å². The van der Waals surface area contributed by atoms with Gasteiger partial charge < -0.3 is 15.5 Å². The highest BCUT2D eigenvalue weighted by atomic mass is 16.3. The molecule has 0 fully saturated rings. The van der Waals surface area contributed by atoms with Gasteiger partial charge in [0.2, 0.25) is 0 Å². The van der Waals surface area contributed by atoms with Gasteiger partial charge in [-0.1, -0.05) is 13.0 Å². The second kappa shape index (κ2) is 6.85. The number of aromatic hydroxyl groups is 1. The van der Waals surface area contributed by atoms with Crippen LogP contribution < -0.4 is 5.32 Å². The minimum absolute atomic E-state index is 0.0666. The molecule has 1 heterocycles. The maximum atomic E-state index is 12.1. The molecule has 0 saturated carbocycles. The molecule has 2 aromatic rings. The van der Waals surface area contributed by atoms with E-state index in [0.717, 1.165) is 12.0 Å². The normalized spacial score (nSPS) is 11.9. The molecule has 0 saturated heterocycles. The van der Waals surface area contributed by atoms with Crippen molar-refractivity contribution in [3.05, 3.63) is 59.4 Å². The molecule has 0 spiro atoms. The van der Waals surface area contributed by atoms with Crippen LogP contribution >= 0.6 is 0 Å². The predicted octanol–water partition coefficient (Wildman–Crippen LogP) is 1.81. The lowest BCUT2D eigenvalue weighted by Gasteiger charge is -2.13. The van der Waals surface area contributed by atoms with Crippen LogP contribution in [0.3, 0.4) is 0 Å². The van der Waals surface area contributed by atoms with Crippen molar-refractivity contribution >= 4 is 5.91 Å². The molecule has 1 amide bonds. The van der Waals surface area contributed by atoms with E-state index in [4.69, 9.17) is 0 Å². The summed E-state index contributed by atoms with van der Waals surface area (Å²) in [5.74, 6) is -0.473. The lowest BCUT2D eigenvalue weighted by Crippen LogP contribution is -2.28. The van der Waals surface area contributed by atoms with Gasteiger partial charge in [0.25, 0.3) is 5.91 Å². The van der Waals surface area contributed by atoms with Crippen molar-refractivity contribution in [2.45, 2.75) is 19.4 Å². The summed E-state index contributed by atoms with van der Waals surface area (Å²) < 4.78 is 0. The van der Waals surface area contributed by atoms with Crippen molar-refractivity contribution in [2.24, 2.45) is 0 Å². The van der Waals surface area contributed by atoms with E-state index in [-0.39, 0.29) is 17.9 Å². The second-order valence-corrected chi connectivity index (χ2v) is 4.71. The number of hydrogen-bond donors (Lipinski definition) is 3. The van der Waals surface area contributed by atoms with Crippen LogP contribution in [0.5, 0.6) is 5.75 Å². The number of aryl methyl sites for hydroxylation is 1. The van der Waals surface area contributed by atoms with Crippen molar-refractivity contribution in [3.63, 3.8) is 0 Å². The molecule has 110 valence electrons. The fraction of sp³-hybridized carbons (Fsp3) is 0.250. The van der Waals surface area contributed by atoms with Crippen LogP contribution in [0.1, 0.15) is 34.5 Å². The number of phenols is 1. The Morgan fingerprint density at radius 1 is 1.29 bits per heavy atom. The van der Waals surface area contributed by atoms with E-state index >= 15 is 0 Å². The van der Waals surface area contributed by atoms with Gasteiger partial charge in [-0.3, -0.25) is 9.78 Å². The standard InChI is InChI=1S/C16H18N2O3/c1-2-11-3-4-14(19)13(9-11)16(21)18-10-15(20)12-5-7-17-8-6-12/h3-9,15,19-20H,2,10H2,1H3,(H,18,21). The number of benzene rings is 1. The van der Waals surface area contributed by atoms with Crippen molar-refractivity contribution in [2.75, 3.05) is 6.54 Å². The highest BCUT2D eigenvalue weighted by molar-refractivity contribution is 5.97. The summed E-state index contributed by atoms with van der Waals surface area (Å²) in [5.41, 5.74) is 1.86. The van der Waals surface area contributed by atoms with E-state index in [1.807, 2.05) is 6.92 Å². The minimum atomic E-state index is -0.812. The average Bonchev–Trinajstić information content (AvgIpc) is 2.53. The van der Waals surface area contributed by atoms with Crippen molar-refractivity contribution < 1.29 is 15.0 Å². The van der Waals surface area contributed by atoms with Gasteiger partial charge in [-0.15, -0.1) is 0 Å². The van der Waals surface area contributed by atoms with Gasteiger partial charge in [-0.2, -0.15) is 0 Å². The third-order valence-electron chi connectivity index (χ3n) is 3.26. The molecule has 0 bridgehead atoms. The van der Waals surface area contributed by atoms with Crippen LogP contribution in [0.2, 0.25) is 0 Å². The molecule has 1 atom stereocenters. The molecular weight excluding hydrogens is 268 g/mol. The number of amides is 1. The van der Waals surface area contributed by atoms with E-state index < -0.39 is 12.0 Å². The first kappa shape index (κ1) is 15.0. The van der Waals surface area contributed by atoms with E-state index in [9.17, 15) is 15.0 Å². The lowest BCUT2D eigenvalue weighted by atomic mass is 10.1. The number of phenolic OH excluding ortho intramolecular Hbond substituents is 1. The number of rotatable bonds is 5. The maximum absolute atomic E-state index is 12.1. The first-order chi connectivity index (χ1) is 10.1. The zero-order valence-corrected chi connectivity index (χ0v) is 11.8. The van der Waals surface area contributed by atoms with Crippen LogP contribution in [0.4, 0.5) is 0 Å². The minimum Gasteiger partial charge on any atom is -0.507 e. The number of carbonyl (C=O) groups excluding carboxylic acids is 1. The lowest BCUT2D eigenvalue weighted by molar-refractivity contribution is 0.0913. The number of pyridine rings is 1. The van der Waals surface area contributed by atoms with E-state index in [1.165, 1.54) is 6.07 Å². The monoisotopic (exact) mass is 286 g/mol. The third kappa shape index (κ3) is 3.79. The topological polar surface area (TPSA) is 82.5 Å². The summed E-state index contributed by atoms with van der Waals surface area (Å²) in [6.45, 7) is 2.04. The first-order valence-corrected chi connectivity index (χ1v) is 6.80. The Hall–Kier alpha value is -2.40. The molecule has 0 radical (unpaired) electrons. The van der Waals surface area contributed by atoms with Gasteiger partial charge in [0.05, 0.1) is 11.7 Å². The first-order valence-electron chi connectivity index (χ1n) is 6.80. The van der Waals surface area contributed by atoms with Crippen molar-refractivity contribution in [1.82, 2.24) is 10.3 Å². The Morgan fingerprint density at radius 3 is 2.67 bits per heavy atom. The number of aromatic nitrogens is 1. The number of aliphatic hydroxyl groups is 1. The predicted molar refractivity (Wildman–Crippen MR) is 79.0 cm³/mol. The molecule has 0 aliphatic heterocycles. The molecule has 0 aliphatic carbocycles. The largest absolute Gasteiger partial charge is 0.507 e. The second-order valence-electron chi connectivity index (χ2n) is 4.71. The number of hydrogen-bond acceptors (Lipinski definition) is 4. The highest BCUT2D eigenvalue weighted by Crippen LogP contribution is 2.19. The Bertz CT molecular complexity index is 614. The SMILES string of the molecule is CCc1ccc(O)c(C(=O)NCC(O)c2ccncc2)c1. The third-order valence-corrected chi connectivity index (χ3v) is 3.26. The number of carbonyl (C=O) groups is 1. The summed E-state index contributed by atoms with van der Waals surface area (Å²) in [7, 11) is 0. The van der Waals surface area contributed by atoms with Crippen LogP contribution in [-0.4, -0.2) is 27.6 Å². The van der Waals surface area contributed by atoms with E-state index in [1.54, 1.807) is 36.7 Å². The molecule has 5 nitrogen and oxygen atoms in total. The number of aliphatic hydroxyl groups excluding tert-OH is 1.